The lowest BCUT2D eigenvalue weighted by atomic mass is 10.1. The second kappa shape index (κ2) is 6.25. The van der Waals surface area contributed by atoms with E-state index in [0.717, 1.165) is 16.3 Å². The van der Waals surface area contributed by atoms with Crippen molar-refractivity contribution in [3.63, 3.8) is 0 Å². The predicted octanol–water partition coefficient (Wildman–Crippen LogP) is 1.79. The Morgan fingerprint density at radius 1 is 1.41 bits per heavy atom. The number of nitrogens with zero attached hydrogens (tertiary/aromatic N) is 1. The smallest absolute Gasteiger partial charge is 0.236 e. The first-order valence-electron chi connectivity index (χ1n) is 5.72. The van der Waals surface area contributed by atoms with Crippen molar-refractivity contribution in [1.29, 1.82) is 0 Å². The Morgan fingerprint density at radius 3 is 2.71 bits per heavy atom. The van der Waals surface area contributed by atoms with Crippen LogP contribution in [0.25, 0.3) is 0 Å². The maximum atomic E-state index is 11.2. The third-order valence-electron chi connectivity index (χ3n) is 2.52. The molecule has 0 saturated carbocycles. The Labute approximate surface area is 102 Å². The Morgan fingerprint density at radius 2 is 2.12 bits per heavy atom. The standard InChI is InChI=1S/C13H20N2O2/c1-10-6-7-12(11(2)9-10)17-8-4-5-13(16)15(3)14/h6-7,9H,4-5,8,14H2,1-3H3. The van der Waals surface area contributed by atoms with Crippen molar-refractivity contribution in [3.05, 3.63) is 29.3 Å². The molecule has 1 rings (SSSR count). The van der Waals surface area contributed by atoms with Gasteiger partial charge < -0.3 is 4.74 Å². The number of amides is 1. The molecule has 0 atom stereocenters. The van der Waals surface area contributed by atoms with Gasteiger partial charge >= 0.3 is 0 Å². The average Bonchev–Trinajstić information content (AvgIpc) is 2.26. The molecule has 4 heteroatoms. The molecule has 17 heavy (non-hydrogen) atoms. The summed E-state index contributed by atoms with van der Waals surface area (Å²) in [6.07, 6.45) is 1.09. The first kappa shape index (κ1) is 13.5. The van der Waals surface area contributed by atoms with Crippen LogP contribution in [-0.4, -0.2) is 24.6 Å². The van der Waals surface area contributed by atoms with Crippen molar-refractivity contribution in [2.45, 2.75) is 26.7 Å². The number of rotatable bonds is 5. The molecule has 0 spiro atoms. The molecule has 94 valence electrons. The van der Waals surface area contributed by atoms with Crippen LogP contribution in [0.3, 0.4) is 0 Å². The van der Waals surface area contributed by atoms with Gasteiger partial charge in [-0.3, -0.25) is 9.80 Å². The van der Waals surface area contributed by atoms with E-state index in [2.05, 4.69) is 6.07 Å². The van der Waals surface area contributed by atoms with E-state index in [1.807, 2.05) is 26.0 Å². The Kier molecular flexibility index (Phi) is 4.97. The molecule has 0 heterocycles. The van der Waals surface area contributed by atoms with Gasteiger partial charge in [0.1, 0.15) is 5.75 Å². The number of hydrogen-bond donors (Lipinski definition) is 1. The maximum Gasteiger partial charge on any atom is 0.236 e. The van der Waals surface area contributed by atoms with Gasteiger partial charge in [-0.05, 0) is 31.9 Å². The first-order chi connectivity index (χ1) is 8.00. The molecular formula is C13H20N2O2. The maximum absolute atomic E-state index is 11.2. The summed E-state index contributed by atoms with van der Waals surface area (Å²) >= 11 is 0. The van der Waals surface area contributed by atoms with E-state index in [1.54, 1.807) is 7.05 Å². The highest BCUT2D eigenvalue weighted by atomic mass is 16.5. The number of hydrogen-bond acceptors (Lipinski definition) is 3. The molecule has 1 amide bonds. The van der Waals surface area contributed by atoms with Crippen LogP contribution in [0, 0.1) is 13.8 Å². The fraction of sp³-hybridized carbons (Fsp3) is 0.462. The number of benzene rings is 1. The molecule has 2 N–H and O–H groups in total. The molecule has 0 aliphatic rings. The molecule has 0 radical (unpaired) electrons. The van der Waals surface area contributed by atoms with E-state index < -0.39 is 0 Å². The number of carbonyl (C=O) groups is 1. The van der Waals surface area contributed by atoms with Gasteiger partial charge in [-0.2, -0.15) is 0 Å². The van der Waals surface area contributed by atoms with E-state index in [0.29, 0.717) is 19.4 Å². The molecule has 0 bridgehead atoms. The average molecular weight is 236 g/mol. The van der Waals surface area contributed by atoms with Crippen molar-refractivity contribution in [2.24, 2.45) is 5.84 Å². The van der Waals surface area contributed by atoms with Crippen molar-refractivity contribution in [1.82, 2.24) is 5.01 Å². The summed E-state index contributed by atoms with van der Waals surface area (Å²) in [5.74, 6) is 6.12. The Balaban J connectivity index is 2.34. The minimum Gasteiger partial charge on any atom is -0.493 e. The summed E-state index contributed by atoms with van der Waals surface area (Å²) in [7, 11) is 1.55. The van der Waals surface area contributed by atoms with Gasteiger partial charge in [-0.25, -0.2) is 5.84 Å². The number of ether oxygens (including phenoxy) is 1. The van der Waals surface area contributed by atoms with Gasteiger partial charge in [0, 0.05) is 13.5 Å². The van der Waals surface area contributed by atoms with Gasteiger partial charge in [0.15, 0.2) is 0 Å². The van der Waals surface area contributed by atoms with Gasteiger partial charge in [-0.1, -0.05) is 17.7 Å². The van der Waals surface area contributed by atoms with E-state index in [-0.39, 0.29) is 5.91 Å². The van der Waals surface area contributed by atoms with Gasteiger partial charge in [0.05, 0.1) is 6.61 Å². The second-order valence-corrected chi connectivity index (χ2v) is 4.23. The molecule has 0 saturated heterocycles. The summed E-state index contributed by atoms with van der Waals surface area (Å²) in [6, 6.07) is 6.05. The zero-order valence-electron chi connectivity index (χ0n) is 10.7. The largest absolute Gasteiger partial charge is 0.493 e. The summed E-state index contributed by atoms with van der Waals surface area (Å²) < 4.78 is 5.61. The van der Waals surface area contributed by atoms with Gasteiger partial charge in [-0.15, -0.1) is 0 Å². The van der Waals surface area contributed by atoms with Crippen molar-refractivity contribution < 1.29 is 9.53 Å². The van der Waals surface area contributed by atoms with Crippen molar-refractivity contribution in [3.8, 4) is 5.75 Å². The highest BCUT2D eigenvalue weighted by molar-refractivity contribution is 5.75. The van der Waals surface area contributed by atoms with E-state index in [1.165, 1.54) is 5.56 Å². The molecular weight excluding hydrogens is 216 g/mol. The quantitative estimate of drug-likeness (QED) is 0.367. The fourth-order valence-electron chi connectivity index (χ4n) is 1.54. The molecule has 1 aromatic carbocycles. The van der Waals surface area contributed by atoms with Crippen molar-refractivity contribution in [2.75, 3.05) is 13.7 Å². The number of carbonyl (C=O) groups excluding carboxylic acids is 1. The van der Waals surface area contributed by atoms with Crippen LogP contribution in [0.4, 0.5) is 0 Å². The van der Waals surface area contributed by atoms with E-state index in [9.17, 15) is 4.79 Å². The van der Waals surface area contributed by atoms with Crippen LogP contribution < -0.4 is 10.6 Å². The Hall–Kier alpha value is -1.55. The lowest BCUT2D eigenvalue weighted by Gasteiger charge is -2.11. The van der Waals surface area contributed by atoms with Crippen molar-refractivity contribution >= 4 is 5.91 Å². The van der Waals surface area contributed by atoms with Crippen LogP contribution in [-0.2, 0) is 4.79 Å². The molecule has 0 aromatic heterocycles. The van der Waals surface area contributed by atoms with Crippen LogP contribution >= 0.6 is 0 Å². The summed E-state index contributed by atoms with van der Waals surface area (Å²) in [5.41, 5.74) is 2.34. The third-order valence-corrected chi connectivity index (χ3v) is 2.52. The Bertz CT molecular complexity index is 389. The zero-order chi connectivity index (χ0) is 12.8. The second-order valence-electron chi connectivity index (χ2n) is 4.23. The molecule has 1 aromatic rings. The fourth-order valence-corrected chi connectivity index (χ4v) is 1.54. The normalized spacial score (nSPS) is 10.1. The van der Waals surface area contributed by atoms with E-state index in [4.69, 9.17) is 10.6 Å². The first-order valence-corrected chi connectivity index (χ1v) is 5.72. The van der Waals surface area contributed by atoms with Crippen LogP contribution in [0.2, 0.25) is 0 Å². The molecule has 0 aliphatic carbocycles. The lowest BCUT2D eigenvalue weighted by molar-refractivity contribution is -0.130. The predicted molar refractivity (Wildman–Crippen MR) is 67.6 cm³/mol. The topological polar surface area (TPSA) is 55.6 Å². The molecule has 4 nitrogen and oxygen atoms in total. The minimum absolute atomic E-state index is 0.0748. The lowest BCUT2D eigenvalue weighted by Crippen LogP contribution is -2.33. The molecule has 0 aliphatic heterocycles. The number of hydrazine groups is 1. The zero-order valence-corrected chi connectivity index (χ0v) is 10.7. The third kappa shape index (κ3) is 4.44. The molecule has 0 fully saturated rings. The number of aryl methyl sites for hydroxylation is 2. The highest BCUT2D eigenvalue weighted by Gasteiger charge is 2.04. The highest BCUT2D eigenvalue weighted by Crippen LogP contribution is 2.18. The van der Waals surface area contributed by atoms with Gasteiger partial charge in [0.2, 0.25) is 5.91 Å². The van der Waals surface area contributed by atoms with Crippen LogP contribution in [0.5, 0.6) is 5.75 Å². The summed E-state index contributed by atoms with van der Waals surface area (Å²) in [4.78, 5) is 11.2. The summed E-state index contributed by atoms with van der Waals surface area (Å²) in [6.45, 7) is 4.59. The monoisotopic (exact) mass is 236 g/mol. The SMILES string of the molecule is Cc1ccc(OCCCC(=O)N(C)N)c(C)c1. The van der Waals surface area contributed by atoms with Crippen LogP contribution in [0.15, 0.2) is 18.2 Å². The summed E-state index contributed by atoms with van der Waals surface area (Å²) in [5, 5.41) is 1.11. The number of nitrogens with two attached hydrogens (primary N) is 1. The van der Waals surface area contributed by atoms with Gasteiger partial charge in [0.25, 0.3) is 0 Å². The molecule has 0 unspecified atom stereocenters. The van der Waals surface area contributed by atoms with E-state index >= 15 is 0 Å². The minimum atomic E-state index is -0.0748. The van der Waals surface area contributed by atoms with Crippen LogP contribution in [0.1, 0.15) is 24.0 Å².